The third-order valence-corrected chi connectivity index (χ3v) is 3.77. The van der Waals surface area contributed by atoms with Crippen molar-refractivity contribution >= 4 is 17.6 Å². The summed E-state index contributed by atoms with van der Waals surface area (Å²) in [6.45, 7) is 4.09. The molecule has 0 amide bonds. The maximum atomic E-state index is 11.4. The van der Waals surface area contributed by atoms with Gasteiger partial charge >= 0.3 is 5.97 Å². The van der Waals surface area contributed by atoms with Gasteiger partial charge in [-0.2, -0.15) is 0 Å². The average molecular weight is 319 g/mol. The average Bonchev–Trinajstić information content (AvgIpc) is 2.46. The fraction of sp³-hybridized carbons (Fsp3) is 0.294. The van der Waals surface area contributed by atoms with Crippen molar-refractivity contribution in [2.75, 3.05) is 7.11 Å². The lowest BCUT2D eigenvalue weighted by atomic mass is 9.95. The SMILES string of the molecule is COC(=O)C[C@H](N)c1cc(-c2c(C)cccc2C)cc(Cl)n1. The Morgan fingerprint density at radius 1 is 1.32 bits per heavy atom. The zero-order valence-electron chi connectivity index (χ0n) is 12.9. The van der Waals surface area contributed by atoms with Crippen LogP contribution in [-0.2, 0) is 9.53 Å². The van der Waals surface area contributed by atoms with Crippen molar-refractivity contribution in [1.82, 2.24) is 4.98 Å². The van der Waals surface area contributed by atoms with Crippen LogP contribution in [-0.4, -0.2) is 18.1 Å². The lowest BCUT2D eigenvalue weighted by molar-refractivity contribution is -0.141. The number of aromatic nitrogens is 1. The molecule has 2 rings (SSSR count). The van der Waals surface area contributed by atoms with Gasteiger partial charge in [0, 0.05) is 0 Å². The Labute approximate surface area is 135 Å². The molecule has 1 aromatic heterocycles. The molecule has 0 aliphatic carbocycles. The van der Waals surface area contributed by atoms with Crippen molar-refractivity contribution in [3.8, 4) is 11.1 Å². The minimum absolute atomic E-state index is 0.0655. The molecule has 4 nitrogen and oxygen atoms in total. The van der Waals surface area contributed by atoms with E-state index < -0.39 is 6.04 Å². The molecular weight excluding hydrogens is 300 g/mol. The summed E-state index contributed by atoms with van der Waals surface area (Å²) in [5.41, 5.74) is 11.0. The van der Waals surface area contributed by atoms with Crippen LogP contribution >= 0.6 is 11.6 Å². The van der Waals surface area contributed by atoms with Gasteiger partial charge in [-0.3, -0.25) is 4.79 Å². The summed E-state index contributed by atoms with van der Waals surface area (Å²) in [6.07, 6.45) is 0.0655. The van der Waals surface area contributed by atoms with Crippen molar-refractivity contribution in [3.63, 3.8) is 0 Å². The third-order valence-electron chi connectivity index (χ3n) is 3.58. The Bertz CT molecular complexity index is 681. The van der Waals surface area contributed by atoms with E-state index in [1.807, 2.05) is 44.2 Å². The van der Waals surface area contributed by atoms with Gasteiger partial charge in [0.25, 0.3) is 0 Å². The standard InChI is InChI=1S/C17H19ClN2O2/c1-10-5-4-6-11(2)17(10)12-7-14(20-15(18)8-12)13(19)9-16(21)22-3/h4-8,13H,9,19H2,1-3H3/t13-/m0/s1. The number of halogens is 1. The van der Waals surface area contributed by atoms with Crippen LogP contribution in [0, 0.1) is 13.8 Å². The number of aryl methyl sites for hydroxylation is 2. The first-order chi connectivity index (χ1) is 10.4. The molecule has 1 atom stereocenters. The predicted octanol–water partition coefficient (Wildman–Crippen LogP) is 3.58. The summed E-state index contributed by atoms with van der Waals surface area (Å²) in [4.78, 5) is 15.6. The summed E-state index contributed by atoms with van der Waals surface area (Å²) in [5.74, 6) is -0.372. The van der Waals surface area contributed by atoms with Gasteiger partial charge < -0.3 is 10.5 Å². The lowest BCUT2D eigenvalue weighted by Crippen LogP contribution is -2.17. The van der Waals surface area contributed by atoms with E-state index in [0.717, 1.165) is 22.3 Å². The molecule has 2 N–H and O–H groups in total. The van der Waals surface area contributed by atoms with Crippen LogP contribution < -0.4 is 5.73 Å². The molecule has 0 spiro atoms. The van der Waals surface area contributed by atoms with Crippen LogP contribution in [0.5, 0.6) is 0 Å². The summed E-state index contributed by atoms with van der Waals surface area (Å²) in [7, 11) is 1.34. The lowest BCUT2D eigenvalue weighted by Gasteiger charge is -2.14. The maximum Gasteiger partial charge on any atom is 0.307 e. The van der Waals surface area contributed by atoms with E-state index >= 15 is 0 Å². The monoisotopic (exact) mass is 318 g/mol. The number of ether oxygens (including phenoxy) is 1. The summed E-state index contributed by atoms with van der Waals surface area (Å²) >= 11 is 6.14. The van der Waals surface area contributed by atoms with Crippen molar-refractivity contribution in [2.24, 2.45) is 5.73 Å². The predicted molar refractivity (Wildman–Crippen MR) is 87.7 cm³/mol. The fourth-order valence-electron chi connectivity index (χ4n) is 2.49. The van der Waals surface area contributed by atoms with Crippen molar-refractivity contribution in [2.45, 2.75) is 26.3 Å². The molecule has 0 aliphatic rings. The van der Waals surface area contributed by atoms with E-state index in [0.29, 0.717) is 10.8 Å². The van der Waals surface area contributed by atoms with Gasteiger partial charge in [-0.15, -0.1) is 0 Å². The second kappa shape index (κ2) is 6.90. The molecule has 22 heavy (non-hydrogen) atoms. The minimum atomic E-state index is -0.547. The Balaban J connectivity index is 2.45. The van der Waals surface area contributed by atoms with Crippen LogP contribution in [0.15, 0.2) is 30.3 Å². The molecule has 116 valence electrons. The quantitative estimate of drug-likeness (QED) is 0.691. The van der Waals surface area contributed by atoms with Crippen LogP contribution in [0.4, 0.5) is 0 Å². The molecule has 0 saturated carbocycles. The molecule has 0 aliphatic heterocycles. The number of nitrogens with two attached hydrogens (primary N) is 1. The Hall–Kier alpha value is -1.91. The maximum absolute atomic E-state index is 11.4. The van der Waals surface area contributed by atoms with E-state index in [1.165, 1.54) is 7.11 Å². The number of carbonyl (C=O) groups excluding carboxylic acids is 1. The van der Waals surface area contributed by atoms with Crippen LogP contribution in [0.2, 0.25) is 5.15 Å². The molecule has 2 aromatic rings. The van der Waals surface area contributed by atoms with Crippen molar-refractivity contribution < 1.29 is 9.53 Å². The number of nitrogens with zero attached hydrogens (tertiary/aromatic N) is 1. The van der Waals surface area contributed by atoms with Gasteiger partial charge in [0.05, 0.1) is 25.3 Å². The number of carbonyl (C=O) groups is 1. The van der Waals surface area contributed by atoms with Gasteiger partial charge in [0.1, 0.15) is 5.15 Å². The van der Waals surface area contributed by atoms with Crippen LogP contribution in [0.3, 0.4) is 0 Å². The molecule has 0 radical (unpaired) electrons. The summed E-state index contributed by atoms with van der Waals surface area (Å²) in [5, 5.41) is 0.357. The molecule has 1 heterocycles. The number of hydrogen-bond donors (Lipinski definition) is 1. The second-order valence-corrected chi connectivity index (χ2v) is 5.64. The Kier molecular flexibility index (Phi) is 5.16. The highest BCUT2D eigenvalue weighted by Gasteiger charge is 2.16. The van der Waals surface area contributed by atoms with E-state index in [-0.39, 0.29) is 12.4 Å². The molecule has 0 unspecified atom stereocenters. The van der Waals surface area contributed by atoms with Crippen LogP contribution in [0.25, 0.3) is 11.1 Å². The molecular formula is C17H19ClN2O2. The smallest absolute Gasteiger partial charge is 0.307 e. The molecule has 5 heteroatoms. The second-order valence-electron chi connectivity index (χ2n) is 5.26. The molecule has 0 bridgehead atoms. The van der Waals surface area contributed by atoms with Gasteiger partial charge in [0.15, 0.2) is 0 Å². The molecule has 0 fully saturated rings. The Morgan fingerprint density at radius 2 is 1.95 bits per heavy atom. The van der Waals surface area contributed by atoms with E-state index in [1.54, 1.807) is 0 Å². The largest absolute Gasteiger partial charge is 0.469 e. The van der Waals surface area contributed by atoms with Crippen LogP contribution in [0.1, 0.15) is 29.3 Å². The first-order valence-corrected chi connectivity index (χ1v) is 7.36. The van der Waals surface area contributed by atoms with E-state index in [4.69, 9.17) is 17.3 Å². The van der Waals surface area contributed by atoms with Gasteiger partial charge in [-0.05, 0) is 48.2 Å². The minimum Gasteiger partial charge on any atom is -0.469 e. The Morgan fingerprint density at radius 3 is 2.55 bits per heavy atom. The molecule has 0 saturated heterocycles. The third kappa shape index (κ3) is 3.64. The highest BCUT2D eigenvalue weighted by atomic mass is 35.5. The van der Waals surface area contributed by atoms with E-state index in [9.17, 15) is 4.79 Å². The van der Waals surface area contributed by atoms with Gasteiger partial charge in [-0.1, -0.05) is 29.8 Å². The first kappa shape index (κ1) is 16.5. The zero-order chi connectivity index (χ0) is 16.3. The highest BCUT2D eigenvalue weighted by Crippen LogP contribution is 2.30. The highest BCUT2D eigenvalue weighted by molar-refractivity contribution is 6.29. The topological polar surface area (TPSA) is 65.2 Å². The number of methoxy groups -OCH3 is 1. The number of pyridine rings is 1. The van der Waals surface area contributed by atoms with Gasteiger partial charge in [0.2, 0.25) is 0 Å². The summed E-state index contributed by atoms with van der Waals surface area (Å²) in [6, 6.07) is 9.25. The van der Waals surface area contributed by atoms with Crippen molar-refractivity contribution in [3.05, 3.63) is 52.3 Å². The number of rotatable bonds is 4. The number of benzene rings is 1. The number of esters is 1. The first-order valence-electron chi connectivity index (χ1n) is 6.99. The fourth-order valence-corrected chi connectivity index (χ4v) is 2.70. The zero-order valence-corrected chi connectivity index (χ0v) is 13.6. The normalized spacial score (nSPS) is 12.0. The van der Waals surface area contributed by atoms with Gasteiger partial charge in [-0.25, -0.2) is 4.98 Å². The summed E-state index contributed by atoms with van der Waals surface area (Å²) < 4.78 is 4.65. The van der Waals surface area contributed by atoms with E-state index in [2.05, 4.69) is 9.72 Å². The molecule has 1 aromatic carbocycles. The van der Waals surface area contributed by atoms with Crippen molar-refractivity contribution in [1.29, 1.82) is 0 Å². The number of hydrogen-bond acceptors (Lipinski definition) is 4.